The monoisotopic (exact) mass is 393 g/mol. The second kappa shape index (κ2) is 8.74. The average Bonchev–Trinajstić information content (AvgIpc) is 3.55. The summed E-state index contributed by atoms with van der Waals surface area (Å²) in [5.41, 5.74) is 0.656. The number of carbonyl (C=O) groups excluding carboxylic acids is 3. The van der Waals surface area contributed by atoms with E-state index in [-0.39, 0.29) is 30.4 Å². The van der Waals surface area contributed by atoms with Gasteiger partial charge in [0.2, 0.25) is 11.8 Å². The van der Waals surface area contributed by atoms with Gasteiger partial charge in [-0.05, 0) is 29.7 Å². The number of carbonyl (C=O) groups is 3. The van der Waals surface area contributed by atoms with Crippen LogP contribution in [0.5, 0.6) is 0 Å². The molecule has 1 saturated heterocycles. The minimum absolute atomic E-state index is 0.000476. The third-order valence-corrected chi connectivity index (χ3v) is 5.67. The molecule has 1 aliphatic carbocycles. The minimum Gasteiger partial charge on any atom is -0.352 e. The van der Waals surface area contributed by atoms with Crippen molar-refractivity contribution in [3.63, 3.8) is 0 Å². The first-order valence-electron chi connectivity index (χ1n) is 10.4. The van der Waals surface area contributed by atoms with E-state index >= 15 is 0 Å². The summed E-state index contributed by atoms with van der Waals surface area (Å²) in [7, 11) is 0. The van der Waals surface area contributed by atoms with Gasteiger partial charge >= 0.3 is 0 Å². The molecule has 2 fully saturated rings. The zero-order valence-electron chi connectivity index (χ0n) is 16.6. The van der Waals surface area contributed by atoms with Crippen molar-refractivity contribution in [2.45, 2.75) is 31.7 Å². The number of benzene rings is 2. The standard InChI is InChI=1S/C23H27N3O3/c27-21(19-6-5-17-3-1-2-4-18(17)15-19)9-10-23(29)26-13-11-25(12-14-26)16-22(28)24-20-7-8-20/h1-6,15,20H,7-14,16H2,(H,24,28). The first kappa shape index (κ1) is 19.6. The highest BCUT2D eigenvalue weighted by Gasteiger charge is 2.26. The topological polar surface area (TPSA) is 69.7 Å². The molecule has 152 valence electrons. The molecule has 1 heterocycles. The van der Waals surface area contributed by atoms with Crippen LogP contribution in [0, 0.1) is 0 Å². The van der Waals surface area contributed by atoms with Crippen LogP contribution in [0.3, 0.4) is 0 Å². The zero-order chi connectivity index (χ0) is 20.2. The Morgan fingerprint density at radius 1 is 0.897 bits per heavy atom. The van der Waals surface area contributed by atoms with Crippen LogP contribution in [-0.4, -0.2) is 66.2 Å². The quantitative estimate of drug-likeness (QED) is 0.733. The lowest BCUT2D eigenvalue weighted by molar-refractivity contribution is -0.133. The van der Waals surface area contributed by atoms with Gasteiger partial charge in [-0.25, -0.2) is 0 Å². The van der Waals surface area contributed by atoms with E-state index in [1.165, 1.54) is 0 Å². The number of rotatable bonds is 7. The molecule has 0 radical (unpaired) electrons. The number of amides is 2. The molecule has 0 aromatic heterocycles. The Hall–Kier alpha value is -2.73. The Balaban J connectivity index is 1.22. The summed E-state index contributed by atoms with van der Waals surface area (Å²) in [6, 6.07) is 14.0. The number of piperazine rings is 1. The fourth-order valence-electron chi connectivity index (χ4n) is 3.75. The smallest absolute Gasteiger partial charge is 0.234 e. The first-order valence-corrected chi connectivity index (χ1v) is 10.4. The first-order chi connectivity index (χ1) is 14.1. The van der Waals surface area contributed by atoms with Crippen molar-refractivity contribution in [3.8, 4) is 0 Å². The molecule has 2 amide bonds. The van der Waals surface area contributed by atoms with Crippen molar-refractivity contribution in [2.75, 3.05) is 32.7 Å². The average molecular weight is 393 g/mol. The number of nitrogens with zero attached hydrogens (tertiary/aromatic N) is 2. The van der Waals surface area contributed by atoms with Crippen LogP contribution < -0.4 is 5.32 Å². The molecule has 0 spiro atoms. The van der Waals surface area contributed by atoms with Gasteiger partial charge in [-0.15, -0.1) is 0 Å². The Labute approximate surface area is 170 Å². The molecule has 2 aromatic carbocycles. The van der Waals surface area contributed by atoms with Gasteiger partial charge in [-0.1, -0.05) is 36.4 Å². The minimum atomic E-state index is -0.000476. The maximum Gasteiger partial charge on any atom is 0.234 e. The SMILES string of the molecule is O=C(CN1CCN(C(=O)CCC(=O)c2ccc3ccccc3c2)CC1)NC1CC1. The van der Waals surface area contributed by atoms with Crippen molar-refractivity contribution in [1.82, 2.24) is 15.1 Å². The van der Waals surface area contributed by atoms with Crippen LogP contribution >= 0.6 is 0 Å². The number of Topliss-reactive ketones (excluding diaryl/α,β-unsaturated/α-hetero) is 1. The van der Waals surface area contributed by atoms with E-state index in [4.69, 9.17) is 0 Å². The van der Waals surface area contributed by atoms with Gasteiger partial charge in [0.25, 0.3) is 0 Å². The van der Waals surface area contributed by atoms with Crippen LogP contribution in [-0.2, 0) is 9.59 Å². The third-order valence-electron chi connectivity index (χ3n) is 5.67. The van der Waals surface area contributed by atoms with E-state index in [1.54, 1.807) is 0 Å². The van der Waals surface area contributed by atoms with Crippen LogP contribution in [0.25, 0.3) is 10.8 Å². The molecule has 4 rings (SSSR count). The van der Waals surface area contributed by atoms with Gasteiger partial charge in [-0.3, -0.25) is 19.3 Å². The normalized spacial score (nSPS) is 17.3. The van der Waals surface area contributed by atoms with Crippen LogP contribution in [0.15, 0.2) is 42.5 Å². The number of hydrogen-bond donors (Lipinski definition) is 1. The van der Waals surface area contributed by atoms with Crippen molar-refractivity contribution in [1.29, 1.82) is 0 Å². The van der Waals surface area contributed by atoms with Crippen molar-refractivity contribution in [2.24, 2.45) is 0 Å². The number of nitrogens with one attached hydrogen (secondary N) is 1. The van der Waals surface area contributed by atoms with Crippen LogP contribution in [0.1, 0.15) is 36.0 Å². The lowest BCUT2D eigenvalue weighted by Gasteiger charge is -2.34. The lowest BCUT2D eigenvalue weighted by atomic mass is 10.0. The highest BCUT2D eigenvalue weighted by Crippen LogP contribution is 2.19. The molecule has 2 aliphatic rings. The van der Waals surface area contributed by atoms with Gasteiger partial charge in [0.05, 0.1) is 6.54 Å². The van der Waals surface area contributed by atoms with E-state index in [0.717, 1.165) is 23.6 Å². The fourth-order valence-corrected chi connectivity index (χ4v) is 3.75. The molecule has 0 unspecified atom stereocenters. The highest BCUT2D eigenvalue weighted by molar-refractivity contribution is 6.01. The van der Waals surface area contributed by atoms with Gasteiger partial charge in [0.15, 0.2) is 5.78 Å². The van der Waals surface area contributed by atoms with E-state index in [2.05, 4.69) is 10.2 Å². The molecular formula is C23H27N3O3. The molecule has 0 atom stereocenters. The molecule has 1 aliphatic heterocycles. The molecule has 29 heavy (non-hydrogen) atoms. The maximum absolute atomic E-state index is 12.5. The van der Waals surface area contributed by atoms with E-state index in [1.807, 2.05) is 47.4 Å². The summed E-state index contributed by atoms with van der Waals surface area (Å²) in [6.07, 6.45) is 2.63. The number of hydrogen-bond acceptors (Lipinski definition) is 4. The molecule has 0 bridgehead atoms. The third kappa shape index (κ3) is 5.21. The molecule has 6 nitrogen and oxygen atoms in total. The van der Waals surface area contributed by atoms with Gasteiger partial charge in [0.1, 0.15) is 0 Å². The Morgan fingerprint density at radius 3 is 2.34 bits per heavy atom. The summed E-state index contributed by atoms with van der Waals surface area (Å²) >= 11 is 0. The number of ketones is 1. The van der Waals surface area contributed by atoms with Gasteiger partial charge in [0, 0.05) is 50.6 Å². The molecule has 6 heteroatoms. The van der Waals surface area contributed by atoms with Crippen LogP contribution in [0.4, 0.5) is 0 Å². The molecule has 1 N–H and O–H groups in total. The van der Waals surface area contributed by atoms with Crippen molar-refractivity contribution in [3.05, 3.63) is 48.0 Å². The predicted octanol–water partition coefficient (Wildman–Crippen LogP) is 2.23. The largest absolute Gasteiger partial charge is 0.352 e. The summed E-state index contributed by atoms with van der Waals surface area (Å²) in [5, 5.41) is 5.13. The van der Waals surface area contributed by atoms with Crippen molar-refractivity contribution < 1.29 is 14.4 Å². The second-order valence-corrected chi connectivity index (χ2v) is 7.98. The maximum atomic E-state index is 12.5. The predicted molar refractivity (Wildman–Crippen MR) is 112 cm³/mol. The fraction of sp³-hybridized carbons (Fsp3) is 0.435. The van der Waals surface area contributed by atoms with Crippen molar-refractivity contribution >= 4 is 28.4 Å². The zero-order valence-corrected chi connectivity index (χ0v) is 16.6. The van der Waals surface area contributed by atoms with E-state index in [9.17, 15) is 14.4 Å². The Morgan fingerprint density at radius 2 is 1.62 bits per heavy atom. The highest BCUT2D eigenvalue weighted by atomic mass is 16.2. The van der Waals surface area contributed by atoms with Crippen LogP contribution in [0.2, 0.25) is 0 Å². The number of fused-ring (bicyclic) bond motifs is 1. The summed E-state index contributed by atoms with van der Waals surface area (Å²) < 4.78 is 0. The van der Waals surface area contributed by atoms with Gasteiger partial charge < -0.3 is 10.2 Å². The molecule has 1 saturated carbocycles. The molecule has 2 aromatic rings. The Bertz CT molecular complexity index is 914. The summed E-state index contributed by atoms with van der Waals surface area (Å²) in [5.74, 6) is 0.0916. The lowest BCUT2D eigenvalue weighted by Crippen LogP contribution is -2.51. The molecular weight excluding hydrogens is 366 g/mol. The Kier molecular flexibility index (Phi) is 5.90. The van der Waals surface area contributed by atoms with E-state index < -0.39 is 0 Å². The summed E-state index contributed by atoms with van der Waals surface area (Å²) in [6.45, 7) is 3.02. The van der Waals surface area contributed by atoms with E-state index in [0.29, 0.717) is 44.3 Å². The summed E-state index contributed by atoms with van der Waals surface area (Å²) in [4.78, 5) is 40.8. The van der Waals surface area contributed by atoms with Gasteiger partial charge in [-0.2, -0.15) is 0 Å². The second-order valence-electron chi connectivity index (χ2n) is 7.98.